The number of halogens is 1. The fraction of sp³-hybridized carbons (Fsp3) is 0.278. The highest BCUT2D eigenvalue weighted by Gasteiger charge is 2.26. The molecule has 0 atom stereocenters. The van der Waals surface area contributed by atoms with Crippen LogP contribution in [0.5, 0.6) is 0 Å². The SMILES string of the molecule is O=C(CNc1cccc(Cl)c1)Nc1ccc(S(=O)(=O)N2CCOCC2)cc1. The molecular weight excluding hydrogens is 390 g/mol. The molecule has 0 unspecified atom stereocenters. The summed E-state index contributed by atoms with van der Waals surface area (Å²) >= 11 is 5.90. The van der Waals surface area contributed by atoms with E-state index in [1.807, 2.05) is 6.07 Å². The number of nitrogens with zero attached hydrogens (tertiary/aromatic N) is 1. The van der Waals surface area contributed by atoms with Crippen LogP contribution in [0.2, 0.25) is 5.02 Å². The molecule has 0 aliphatic carbocycles. The minimum absolute atomic E-state index is 0.0637. The standard InChI is InChI=1S/C18H20ClN3O4S/c19-14-2-1-3-16(12-14)20-13-18(23)21-15-4-6-17(7-5-15)27(24,25)22-8-10-26-11-9-22/h1-7,12,20H,8-11,13H2,(H,21,23). The lowest BCUT2D eigenvalue weighted by molar-refractivity contribution is -0.114. The van der Waals surface area contributed by atoms with Gasteiger partial charge >= 0.3 is 0 Å². The predicted molar refractivity (Wildman–Crippen MR) is 105 cm³/mol. The van der Waals surface area contributed by atoms with Crippen molar-refractivity contribution in [3.05, 3.63) is 53.6 Å². The molecule has 1 heterocycles. The third-order valence-electron chi connectivity index (χ3n) is 4.02. The number of hydrogen-bond donors (Lipinski definition) is 2. The van der Waals surface area contributed by atoms with Gasteiger partial charge in [-0.25, -0.2) is 8.42 Å². The first-order valence-electron chi connectivity index (χ1n) is 8.42. The molecule has 0 spiro atoms. The van der Waals surface area contributed by atoms with Crippen LogP contribution in [0, 0.1) is 0 Å². The number of hydrogen-bond acceptors (Lipinski definition) is 5. The van der Waals surface area contributed by atoms with Gasteiger partial charge < -0.3 is 15.4 Å². The van der Waals surface area contributed by atoms with Crippen LogP contribution in [0.1, 0.15) is 0 Å². The van der Waals surface area contributed by atoms with E-state index in [0.717, 1.165) is 5.69 Å². The number of anilines is 2. The Balaban J connectivity index is 1.57. The number of rotatable bonds is 6. The van der Waals surface area contributed by atoms with E-state index in [-0.39, 0.29) is 17.3 Å². The number of benzene rings is 2. The van der Waals surface area contributed by atoms with Crippen LogP contribution < -0.4 is 10.6 Å². The first-order chi connectivity index (χ1) is 12.9. The first-order valence-corrected chi connectivity index (χ1v) is 10.2. The molecule has 1 saturated heterocycles. The lowest BCUT2D eigenvalue weighted by Crippen LogP contribution is -2.40. The highest BCUT2D eigenvalue weighted by atomic mass is 35.5. The monoisotopic (exact) mass is 409 g/mol. The average molecular weight is 410 g/mol. The molecule has 0 saturated carbocycles. The fourth-order valence-electron chi connectivity index (χ4n) is 2.63. The minimum Gasteiger partial charge on any atom is -0.379 e. The average Bonchev–Trinajstić information content (AvgIpc) is 2.68. The van der Waals surface area contributed by atoms with Crippen molar-refractivity contribution in [3.8, 4) is 0 Å². The summed E-state index contributed by atoms with van der Waals surface area (Å²) in [5.74, 6) is -0.251. The number of carbonyl (C=O) groups excluding carboxylic acids is 1. The van der Waals surface area contributed by atoms with Gasteiger partial charge in [-0.05, 0) is 42.5 Å². The maximum atomic E-state index is 12.6. The number of sulfonamides is 1. The highest BCUT2D eigenvalue weighted by Crippen LogP contribution is 2.19. The summed E-state index contributed by atoms with van der Waals surface area (Å²) in [6.45, 7) is 1.54. The Morgan fingerprint density at radius 1 is 1.07 bits per heavy atom. The van der Waals surface area contributed by atoms with Crippen LogP contribution >= 0.6 is 11.6 Å². The fourth-order valence-corrected chi connectivity index (χ4v) is 4.23. The number of nitrogens with one attached hydrogen (secondary N) is 2. The zero-order chi connectivity index (χ0) is 19.3. The molecule has 0 radical (unpaired) electrons. The molecule has 1 amide bonds. The van der Waals surface area contributed by atoms with E-state index in [0.29, 0.717) is 37.0 Å². The zero-order valence-corrected chi connectivity index (χ0v) is 16.1. The lowest BCUT2D eigenvalue weighted by atomic mass is 10.3. The molecule has 2 aromatic carbocycles. The number of morpholine rings is 1. The highest BCUT2D eigenvalue weighted by molar-refractivity contribution is 7.89. The van der Waals surface area contributed by atoms with Crippen molar-refractivity contribution in [1.29, 1.82) is 0 Å². The van der Waals surface area contributed by atoms with Gasteiger partial charge in [-0.1, -0.05) is 17.7 Å². The maximum absolute atomic E-state index is 12.6. The Morgan fingerprint density at radius 3 is 2.44 bits per heavy atom. The molecule has 9 heteroatoms. The second kappa shape index (κ2) is 8.71. The van der Waals surface area contributed by atoms with Gasteiger partial charge in [0.1, 0.15) is 0 Å². The molecule has 1 fully saturated rings. The van der Waals surface area contributed by atoms with Crippen molar-refractivity contribution in [2.75, 3.05) is 43.5 Å². The van der Waals surface area contributed by atoms with E-state index in [1.54, 1.807) is 30.3 Å². The Hall–Kier alpha value is -2.13. The van der Waals surface area contributed by atoms with Gasteiger partial charge in [0.2, 0.25) is 15.9 Å². The molecule has 7 nitrogen and oxygen atoms in total. The van der Waals surface area contributed by atoms with Crippen molar-refractivity contribution in [3.63, 3.8) is 0 Å². The summed E-state index contributed by atoms with van der Waals surface area (Å²) in [7, 11) is -3.54. The van der Waals surface area contributed by atoms with E-state index >= 15 is 0 Å². The third kappa shape index (κ3) is 5.20. The lowest BCUT2D eigenvalue weighted by Gasteiger charge is -2.26. The molecule has 0 bridgehead atoms. The Labute approximate surface area is 163 Å². The molecule has 0 aromatic heterocycles. The summed E-state index contributed by atoms with van der Waals surface area (Å²) in [5, 5.41) is 6.28. The summed E-state index contributed by atoms with van der Waals surface area (Å²) in [4.78, 5) is 12.2. The Kier molecular flexibility index (Phi) is 6.33. The smallest absolute Gasteiger partial charge is 0.243 e. The topological polar surface area (TPSA) is 87.7 Å². The first kappa shape index (κ1) is 19.6. The van der Waals surface area contributed by atoms with Crippen LogP contribution in [0.15, 0.2) is 53.4 Å². The second-order valence-corrected chi connectivity index (χ2v) is 8.33. The Morgan fingerprint density at radius 2 is 1.78 bits per heavy atom. The van der Waals surface area contributed by atoms with Crippen LogP contribution in [0.25, 0.3) is 0 Å². The molecular formula is C18H20ClN3O4S. The normalized spacial score (nSPS) is 15.3. The quantitative estimate of drug-likeness (QED) is 0.765. The molecule has 144 valence electrons. The predicted octanol–water partition coefficient (Wildman–Crippen LogP) is 2.41. The van der Waals surface area contributed by atoms with Gasteiger partial charge in [0.05, 0.1) is 24.7 Å². The summed E-state index contributed by atoms with van der Waals surface area (Å²) < 4.78 is 31.7. The maximum Gasteiger partial charge on any atom is 0.243 e. The van der Waals surface area contributed by atoms with Gasteiger partial charge in [0.25, 0.3) is 0 Å². The van der Waals surface area contributed by atoms with Gasteiger partial charge in [-0.3, -0.25) is 4.79 Å². The van der Waals surface area contributed by atoms with Crippen LogP contribution in [0.3, 0.4) is 0 Å². The van der Waals surface area contributed by atoms with Crippen molar-refractivity contribution >= 4 is 38.9 Å². The van der Waals surface area contributed by atoms with Gasteiger partial charge in [0, 0.05) is 29.5 Å². The van der Waals surface area contributed by atoms with Crippen molar-refractivity contribution in [2.24, 2.45) is 0 Å². The van der Waals surface area contributed by atoms with Crippen LogP contribution in [-0.2, 0) is 19.6 Å². The molecule has 1 aliphatic heterocycles. The van der Waals surface area contributed by atoms with Gasteiger partial charge in [-0.15, -0.1) is 0 Å². The molecule has 1 aliphatic rings. The van der Waals surface area contributed by atoms with Crippen molar-refractivity contribution < 1.29 is 17.9 Å². The number of carbonyl (C=O) groups is 1. The molecule has 2 aromatic rings. The van der Waals surface area contributed by atoms with E-state index < -0.39 is 10.0 Å². The summed E-state index contributed by atoms with van der Waals surface area (Å²) in [6.07, 6.45) is 0. The van der Waals surface area contributed by atoms with E-state index in [9.17, 15) is 13.2 Å². The number of amides is 1. The zero-order valence-electron chi connectivity index (χ0n) is 14.5. The van der Waals surface area contributed by atoms with E-state index in [4.69, 9.17) is 16.3 Å². The van der Waals surface area contributed by atoms with E-state index in [1.165, 1.54) is 16.4 Å². The van der Waals surface area contributed by atoms with E-state index in [2.05, 4.69) is 10.6 Å². The largest absolute Gasteiger partial charge is 0.379 e. The van der Waals surface area contributed by atoms with Crippen molar-refractivity contribution in [2.45, 2.75) is 4.90 Å². The second-order valence-electron chi connectivity index (χ2n) is 5.95. The van der Waals surface area contributed by atoms with Crippen molar-refractivity contribution in [1.82, 2.24) is 4.31 Å². The third-order valence-corrected chi connectivity index (χ3v) is 6.17. The number of ether oxygens (including phenoxy) is 1. The van der Waals surface area contributed by atoms with Crippen LogP contribution in [0.4, 0.5) is 11.4 Å². The molecule has 2 N–H and O–H groups in total. The van der Waals surface area contributed by atoms with Gasteiger partial charge in [-0.2, -0.15) is 4.31 Å². The minimum atomic E-state index is -3.54. The van der Waals surface area contributed by atoms with Crippen LogP contribution in [-0.4, -0.2) is 51.5 Å². The Bertz CT molecular complexity index is 897. The van der Waals surface area contributed by atoms with Gasteiger partial charge in [0.15, 0.2) is 0 Å². The summed E-state index contributed by atoms with van der Waals surface area (Å²) in [6, 6.07) is 13.2. The molecule has 3 rings (SSSR count). The summed E-state index contributed by atoms with van der Waals surface area (Å²) in [5.41, 5.74) is 1.26. The molecule has 27 heavy (non-hydrogen) atoms.